The summed E-state index contributed by atoms with van der Waals surface area (Å²) >= 11 is 3.54. The van der Waals surface area contributed by atoms with Gasteiger partial charge in [0.1, 0.15) is 6.61 Å². The Labute approximate surface area is 147 Å². The van der Waals surface area contributed by atoms with Crippen LogP contribution in [0.25, 0.3) is 0 Å². The molecule has 124 valence electrons. The molecule has 2 rings (SSSR count). The van der Waals surface area contributed by atoms with Gasteiger partial charge in [0.2, 0.25) is 0 Å². The summed E-state index contributed by atoms with van der Waals surface area (Å²) in [4.78, 5) is 2.20. The molecule has 4 heteroatoms. The van der Waals surface area contributed by atoms with Gasteiger partial charge >= 0.3 is 0 Å². The minimum absolute atomic E-state index is 0.512. The molecule has 0 spiro atoms. The standard InChI is InChI=1S/C19H24BrNO2/c1-21(2)12-6-7-15-10-11-18(19(13-15)22-3)23-14-16-8-4-5-9-17(16)20/h4-5,8-11,13H,6-7,12,14H2,1-3H3. The summed E-state index contributed by atoms with van der Waals surface area (Å²) in [6.45, 7) is 1.60. The lowest BCUT2D eigenvalue weighted by Gasteiger charge is -2.14. The van der Waals surface area contributed by atoms with Crippen LogP contribution in [0, 0.1) is 0 Å². The smallest absolute Gasteiger partial charge is 0.161 e. The SMILES string of the molecule is COc1cc(CCCN(C)C)ccc1OCc1ccccc1Br. The van der Waals surface area contributed by atoms with E-state index in [0.717, 1.165) is 40.9 Å². The Bertz CT molecular complexity index is 629. The van der Waals surface area contributed by atoms with E-state index >= 15 is 0 Å². The van der Waals surface area contributed by atoms with Crippen molar-refractivity contribution in [3.63, 3.8) is 0 Å². The van der Waals surface area contributed by atoms with Crippen molar-refractivity contribution in [3.05, 3.63) is 58.1 Å². The molecule has 2 aromatic carbocycles. The van der Waals surface area contributed by atoms with Gasteiger partial charge in [-0.2, -0.15) is 0 Å². The van der Waals surface area contributed by atoms with Crippen LogP contribution in [-0.4, -0.2) is 32.6 Å². The number of benzene rings is 2. The average Bonchev–Trinajstić information content (AvgIpc) is 2.54. The summed E-state index contributed by atoms with van der Waals surface area (Å²) < 4.78 is 12.5. The van der Waals surface area contributed by atoms with Crippen molar-refractivity contribution in [1.82, 2.24) is 4.90 Å². The molecule has 0 radical (unpaired) electrons. The van der Waals surface area contributed by atoms with Crippen LogP contribution in [0.3, 0.4) is 0 Å². The van der Waals surface area contributed by atoms with E-state index in [9.17, 15) is 0 Å². The molecule has 0 amide bonds. The molecular formula is C19H24BrNO2. The maximum absolute atomic E-state index is 5.93. The predicted molar refractivity (Wildman–Crippen MR) is 98.3 cm³/mol. The Morgan fingerprint density at radius 1 is 1.04 bits per heavy atom. The van der Waals surface area contributed by atoms with Crippen molar-refractivity contribution >= 4 is 15.9 Å². The molecule has 0 saturated heterocycles. The van der Waals surface area contributed by atoms with Crippen molar-refractivity contribution in [2.24, 2.45) is 0 Å². The van der Waals surface area contributed by atoms with E-state index < -0.39 is 0 Å². The molecule has 0 heterocycles. The molecule has 2 aromatic rings. The van der Waals surface area contributed by atoms with Gasteiger partial charge in [-0.15, -0.1) is 0 Å². The van der Waals surface area contributed by atoms with Crippen LogP contribution in [-0.2, 0) is 13.0 Å². The summed E-state index contributed by atoms with van der Waals surface area (Å²) in [5.74, 6) is 1.57. The number of aryl methyl sites for hydroxylation is 1. The average molecular weight is 378 g/mol. The summed E-state index contributed by atoms with van der Waals surface area (Å²) in [5, 5.41) is 0. The fourth-order valence-electron chi connectivity index (χ4n) is 2.36. The van der Waals surface area contributed by atoms with E-state index in [4.69, 9.17) is 9.47 Å². The molecule has 0 atom stereocenters. The predicted octanol–water partition coefficient (Wildman–Crippen LogP) is 4.53. The minimum atomic E-state index is 0.512. The second-order valence-electron chi connectivity index (χ2n) is 5.77. The van der Waals surface area contributed by atoms with Gasteiger partial charge in [0.05, 0.1) is 7.11 Å². The third kappa shape index (κ3) is 5.56. The second-order valence-corrected chi connectivity index (χ2v) is 6.63. The van der Waals surface area contributed by atoms with E-state index in [0.29, 0.717) is 6.61 Å². The second kappa shape index (κ2) is 8.94. The monoisotopic (exact) mass is 377 g/mol. The van der Waals surface area contributed by atoms with E-state index in [1.807, 2.05) is 30.3 Å². The zero-order valence-electron chi connectivity index (χ0n) is 14.0. The van der Waals surface area contributed by atoms with E-state index in [2.05, 4.69) is 47.1 Å². The first-order chi connectivity index (χ1) is 11.1. The van der Waals surface area contributed by atoms with Gasteiger partial charge in [-0.3, -0.25) is 0 Å². The first-order valence-corrected chi connectivity index (χ1v) is 8.57. The molecule has 0 saturated carbocycles. The van der Waals surface area contributed by atoms with E-state index in [1.54, 1.807) is 7.11 Å². The molecule has 0 bridgehead atoms. The maximum Gasteiger partial charge on any atom is 0.161 e. The van der Waals surface area contributed by atoms with Crippen LogP contribution >= 0.6 is 15.9 Å². The Kier molecular flexibility index (Phi) is 6.93. The highest BCUT2D eigenvalue weighted by Gasteiger charge is 2.07. The van der Waals surface area contributed by atoms with Gasteiger partial charge in [0.25, 0.3) is 0 Å². The zero-order valence-corrected chi connectivity index (χ0v) is 15.6. The van der Waals surface area contributed by atoms with E-state index in [-0.39, 0.29) is 0 Å². The van der Waals surface area contributed by atoms with Crippen LogP contribution in [0.15, 0.2) is 46.9 Å². The van der Waals surface area contributed by atoms with Crippen LogP contribution in [0.4, 0.5) is 0 Å². The van der Waals surface area contributed by atoms with Gasteiger partial charge in [-0.05, 0) is 57.2 Å². The lowest BCUT2D eigenvalue weighted by Crippen LogP contribution is -2.13. The van der Waals surface area contributed by atoms with Gasteiger partial charge < -0.3 is 14.4 Å². The minimum Gasteiger partial charge on any atom is -0.493 e. The number of hydrogen-bond acceptors (Lipinski definition) is 3. The molecule has 0 aliphatic rings. The highest BCUT2D eigenvalue weighted by molar-refractivity contribution is 9.10. The van der Waals surface area contributed by atoms with Gasteiger partial charge in [0.15, 0.2) is 11.5 Å². The number of halogens is 1. The maximum atomic E-state index is 5.93. The van der Waals surface area contributed by atoms with Gasteiger partial charge in [-0.1, -0.05) is 40.2 Å². The number of ether oxygens (including phenoxy) is 2. The lowest BCUT2D eigenvalue weighted by atomic mass is 10.1. The molecular weight excluding hydrogens is 354 g/mol. The van der Waals surface area contributed by atoms with Crippen LogP contribution in [0.1, 0.15) is 17.5 Å². The first kappa shape index (κ1) is 17.8. The number of nitrogens with zero attached hydrogens (tertiary/aromatic N) is 1. The third-order valence-electron chi connectivity index (χ3n) is 3.64. The van der Waals surface area contributed by atoms with Crippen molar-refractivity contribution in [2.75, 3.05) is 27.7 Å². The highest BCUT2D eigenvalue weighted by atomic mass is 79.9. The third-order valence-corrected chi connectivity index (χ3v) is 4.41. The summed E-state index contributed by atoms with van der Waals surface area (Å²) in [6, 6.07) is 14.3. The Balaban J connectivity index is 2.00. The fourth-order valence-corrected chi connectivity index (χ4v) is 2.76. The van der Waals surface area contributed by atoms with Crippen molar-refractivity contribution in [2.45, 2.75) is 19.4 Å². The quantitative estimate of drug-likeness (QED) is 0.674. The van der Waals surface area contributed by atoms with Crippen molar-refractivity contribution in [1.29, 1.82) is 0 Å². The van der Waals surface area contributed by atoms with Crippen molar-refractivity contribution < 1.29 is 9.47 Å². The number of rotatable bonds is 8. The van der Waals surface area contributed by atoms with Gasteiger partial charge in [-0.25, -0.2) is 0 Å². The molecule has 0 aliphatic heterocycles. The molecule has 23 heavy (non-hydrogen) atoms. The first-order valence-electron chi connectivity index (χ1n) is 7.78. The zero-order chi connectivity index (χ0) is 16.7. The molecule has 0 aromatic heterocycles. The van der Waals surface area contributed by atoms with Crippen molar-refractivity contribution in [3.8, 4) is 11.5 Å². The summed E-state index contributed by atoms with van der Waals surface area (Å²) in [7, 11) is 5.88. The molecule has 0 aliphatic carbocycles. The number of hydrogen-bond donors (Lipinski definition) is 0. The Hall–Kier alpha value is -1.52. The highest BCUT2D eigenvalue weighted by Crippen LogP contribution is 2.30. The Morgan fingerprint density at radius 2 is 1.83 bits per heavy atom. The summed E-state index contributed by atoms with van der Waals surface area (Å²) in [6.07, 6.45) is 2.17. The molecule has 3 nitrogen and oxygen atoms in total. The van der Waals surface area contributed by atoms with Crippen LogP contribution in [0.5, 0.6) is 11.5 Å². The molecule has 0 fully saturated rings. The molecule has 0 N–H and O–H groups in total. The molecule has 0 unspecified atom stereocenters. The van der Waals surface area contributed by atoms with Crippen LogP contribution in [0.2, 0.25) is 0 Å². The van der Waals surface area contributed by atoms with E-state index in [1.165, 1.54) is 5.56 Å². The Morgan fingerprint density at radius 3 is 2.52 bits per heavy atom. The van der Waals surface area contributed by atoms with Gasteiger partial charge in [0, 0.05) is 10.0 Å². The van der Waals surface area contributed by atoms with Crippen LogP contribution < -0.4 is 9.47 Å². The number of methoxy groups -OCH3 is 1. The normalized spacial score (nSPS) is 10.8. The fraction of sp³-hybridized carbons (Fsp3) is 0.368. The largest absolute Gasteiger partial charge is 0.493 e. The lowest BCUT2D eigenvalue weighted by molar-refractivity contribution is 0.283. The topological polar surface area (TPSA) is 21.7 Å². The summed E-state index contributed by atoms with van der Waals surface area (Å²) in [5.41, 5.74) is 2.39.